The molecule has 1 amide bonds. The van der Waals surface area contributed by atoms with Gasteiger partial charge in [0.2, 0.25) is 5.91 Å². The van der Waals surface area contributed by atoms with E-state index in [0.717, 1.165) is 17.3 Å². The largest absolute Gasteiger partial charge is 0.493 e. The standard InChI is InChI=1S/C15H18BrNO4/c16-11-3-1-5-13(9-11)21-8-6-14(18)17-7-2-4-12(17)10-15(19)20/h1,3,5,9,12H,2,4,6-8,10H2,(H,19,20). The van der Waals surface area contributed by atoms with Crippen molar-refractivity contribution in [1.82, 2.24) is 4.90 Å². The normalized spacial score (nSPS) is 17.8. The molecule has 1 aliphatic rings. The third kappa shape index (κ3) is 4.74. The van der Waals surface area contributed by atoms with E-state index in [2.05, 4.69) is 15.9 Å². The Labute approximate surface area is 132 Å². The smallest absolute Gasteiger partial charge is 0.305 e. The molecule has 21 heavy (non-hydrogen) atoms. The van der Waals surface area contributed by atoms with Crippen LogP contribution in [0.15, 0.2) is 28.7 Å². The van der Waals surface area contributed by atoms with E-state index in [1.807, 2.05) is 24.3 Å². The lowest BCUT2D eigenvalue weighted by Gasteiger charge is -2.23. The van der Waals surface area contributed by atoms with Gasteiger partial charge >= 0.3 is 5.97 Å². The average molecular weight is 356 g/mol. The van der Waals surface area contributed by atoms with E-state index in [0.29, 0.717) is 18.9 Å². The second-order valence-corrected chi connectivity index (χ2v) is 5.95. The maximum atomic E-state index is 12.1. The first-order chi connectivity index (χ1) is 10.1. The molecule has 1 N–H and O–H groups in total. The van der Waals surface area contributed by atoms with Crippen molar-refractivity contribution < 1.29 is 19.4 Å². The summed E-state index contributed by atoms with van der Waals surface area (Å²) in [6.07, 6.45) is 1.93. The molecule has 0 saturated carbocycles. The Hall–Kier alpha value is -1.56. The molecule has 1 unspecified atom stereocenters. The Bertz CT molecular complexity index is 520. The Kier molecular flexibility index (Phi) is 5.61. The van der Waals surface area contributed by atoms with E-state index in [-0.39, 0.29) is 24.8 Å². The van der Waals surface area contributed by atoms with Crippen LogP contribution >= 0.6 is 15.9 Å². The van der Waals surface area contributed by atoms with Crippen molar-refractivity contribution in [2.75, 3.05) is 13.2 Å². The number of aliphatic carboxylic acids is 1. The number of likely N-dealkylation sites (tertiary alicyclic amines) is 1. The van der Waals surface area contributed by atoms with Crippen LogP contribution in [0.2, 0.25) is 0 Å². The lowest BCUT2D eigenvalue weighted by molar-refractivity contribution is -0.140. The van der Waals surface area contributed by atoms with Gasteiger partial charge in [-0.15, -0.1) is 0 Å². The van der Waals surface area contributed by atoms with Crippen LogP contribution in [0.25, 0.3) is 0 Å². The quantitative estimate of drug-likeness (QED) is 0.851. The van der Waals surface area contributed by atoms with Crippen LogP contribution in [-0.2, 0) is 9.59 Å². The number of hydrogen-bond donors (Lipinski definition) is 1. The summed E-state index contributed by atoms with van der Waals surface area (Å²) in [5, 5.41) is 8.86. The molecule has 1 atom stereocenters. The Morgan fingerprint density at radius 2 is 2.24 bits per heavy atom. The number of nitrogens with zero attached hydrogens (tertiary/aromatic N) is 1. The summed E-state index contributed by atoms with van der Waals surface area (Å²) in [6, 6.07) is 7.27. The van der Waals surface area contributed by atoms with Gasteiger partial charge in [0.25, 0.3) is 0 Å². The van der Waals surface area contributed by atoms with Gasteiger partial charge in [0.15, 0.2) is 0 Å². The van der Waals surface area contributed by atoms with Crippen molar-refractivity contribution in [2.24, 2.45) is 0 Å². The van der Waals surface area contributed by atoms with Gasteiger partial charge < -0.3 is 14.7 Å². The molecule has 0 spiro atoms. The Morgan fingerprint density at radius 1 is 1.43 bits per heavy atom. The van der Waals surface area contributed by atoms with Gasteiger partial charge in [-0.3, -0.25) is 9.59 Å². The summed E-state index contributed by atoms with van der Waals surface area (Å²) in [7, 11) is 0. The number of carboxylic acid groups (broad SMARTS) is 1. The fourth-order valence-corrected chi connectivity index (χ4v) is 2.91. The van der Waals surface area contributed by atoms with Gasteiger partial charge in [-0.2, -0.15) is 0 Å². The van der Waals surface area contributed by atoms with Crippen LogP contribution in [0.3, 0.4) is 0 Å². The fraction of sp³-hybridized carbons (Fsp3) is 0.467. The van der Waals surface area contributed by atoms with E-state index < -0.39 is 5.97 Å². The van der Waals surface area contributed by atoms with Crippen LogP contribution in [0, 0.1) is 0 Å². The van der Waals surface area contributed by atoms with Crippen molar-refractivity contribution in [1.29, 1.82) is 0 Å². The molecule has 1 heterocycles. The summed E-state index contributed by atoms with van der Waals surface area (Å²) in [4.78, 5) is 24.6. The highest BCUT2D eigenvalue weighted by molar-refractivity contribution is 9.10. The molecule has 5 nitrogen and oxygen atoms in total. The molecule has 6 heteroatoms. The molecular weight excluding hydrogens is 338 g/mol. The maximum absolute atomic E-state index is 12.1. The third-order valence-corrected chi connectivity index (χ3v) is 3.98. The predicted octanol–water partition coefficient (Wildman–Crippen LogP) is 2.68. The van der Waals surface area contributed by atoms with Crippen LogP contribution in [0.4, 0.5) is 0 Å². The highest BCUT2D eigenvalue weighted by Crippen LogP contribution is 2.21. The number of ether oxygens (including phenoxy) is 1. The molecule has 0 aromatic heterocycles. The van der Waals surface area contributed by atoms with Crippen molar-refractivity contribution in [3.63, 3.8) is 0 Å². The zero-order chi connectivity index (χ0) is 15.2. The van der Waals surface area contributed by atoms with Crippen LogP contribution < -0.4 is 4.74 Å². The highest BCUT2D eigenvalue weighted by Gasteiger charge is 2.29. The van der Waals surface area contributed by atoms with Crippen LogP contribution in [0.5, 0.6) is 5.75 Å². The molecule has 0 aliphatic carbocycles. The number of carboxylic acids is 1. The Balaban J connectivity index is 1.80. The molecule has 1 fully saturated rings. The number of hydrogen-bond acceptors (Lipinski definition) is 3. The minimum absolute atomic E-state index is 0.0260. The number of rotatable bonds is 6. The first-order valence-electron chi connectivity index (χ1n) is 6.96. The molecule has 0 radical (unpaired) electrons. The predicted molar refractivity (Wildman–Crippen MR) is 81.2 cm³/mol. The van der Waals surface area contributed by atoms with Gasteiger partial charge in [-0.25, -0.2) is 0 Å². The summed E-state index contributed by atoms with van der Waals surface area (Å²) >= 11 is 3.36. The van der Waals surface area contributed by atoms with E-state index in [1.165, 1.54) is 0 Å². The summed E-state index contributed by atoms with van der Waals surface area (Å²) < 4.78 is 6.46. The molecule has 1 aliphatic heterocycles. The lowest BCUT2D eigenvalue weighted by Crippen LogP contribution is -2.37. The van der Waals surface area contributed by atoms with Crippen molar-refractivity contribution >= 4 is 27.8 Å². The topological polar surface area (TPSA) is 66.8 Å². The maximum Gasteiger partial charge on any atom is 0.305 e. The second-order valence-electron chi connectivity index (χ2n) is 5.04. The summed E-state index contributed by atoms with van der Waals surface area (Å²) in [5.41, 5.74) is 0. The van der Waals surface area contributed by atoms with Gasteiger partial charge in [0.05, 0.1) is 19.4 Å². The molecule has 114 valence electrons. The zero-order valence-electron chi connectivity index (χ0n) is 11.6. The molecular formula is C15H18BrNO4. The second kappa shape index (κ2) is 7.45. The molecule has 1 saturated heterocycles. The molecule has 0 bridgehead atoms. The monoisotopic (exact) mass is 355 g/mol. The van der Waals surface area contributed by atoms with Gasteiger partial charge in [0, 0.05) is 17.1 Å². The number of halogens is 1. The number of benzene rings is 1. The Morgan fingerprint density at radius 3 is 2.95 bits per heavy atom. The van der Waals surface area contributed by atoms with Crippen LogP contribution in [0.1, 0.15) is 25.7 Å². The fourth-order valence-electron chi connectivity index (χ4n) is 2.53. The van der Waals surface area contributed by atoms with Gasteiger partial charge in [0.1, 0.15) is 5.75 Å². The van der Waals surface area contributed by atoms with Crippen molar-refractivity contribution in [2.45, 2.75) is 31.7 Å². The highest BCUT2D eigenvalue weighted by atomic mass is 79.9. The van der Waals surface area contributed by atoms with Crippen molar-refractivity contribution in [3.8, 4) is 5.75 Å². The van der Waals surface area contributed by atoms with E-state index in [1.54, 1.807) is 4.90 Å². The average Bonchev–Trinajstić information content (AvgIpc) is 2.86. The lowest BCUT2D eigenvalue weighted by atomic mass is 10.1. The molecule has 1 aromatic rings. The minimum atomic E-state index is -0.856. The van der Waals surface area contributed by atoms with E-state index in [9.17, 15) is 9.59 Å². The summed E-state index contributed by atoms with van der Waals surface area (Å²) in [6.45, 7) is 0.944. The number of carbonyl (C=O) groups excluding carboxylic acids is 1. The first-order valence-corrected chi connectivity index (χ1v) is 7.75. The van der Waals surface area contributed by atoms with E-state index >= 15 is 0 Å². The van der Waals surface area contributed by atoms with Crippen molar-refractivity contribution in [3.05, 3.63) is 28.7 Å². The van der Waals surface area contributed by atoms with Gasteiger partial charge in [-0.05, 0) is 31.0 Å². The number of amides is 1. The van der Waals surface area contributed by atoms with E-state index in [4.69, 9.17) is 9.84 Å². The van der Waals surface area contributed by atoms with Crippen LogP contribution in [-0.4, -0.2) is 41.1 Å². The van der Waals surface area contributed by atoms with Gasteiger partial charge in [-0.1, -0.05) is 22.0 Å². The molecule has 2 rings (SSSR count). The first kappa shape index (κ1) is 15.8. The summed E-state index contributed by atoms with van der Waals surface area (Å²) in [5.74, 6) is -0.181. The molecule has 1 aromatic carbocycles. The third-order valence-electron chi connectivity index (χ3n) is 3.49. The zero-order valence-corrected chi connectivity index (χ0v) is 13.2. The number of carbonyl (C=O) groups is 2. The SMILES string of the molecule is O=C(O)CC1CCCN1C(=O)CCOc1cccc(Br)c1. The minimum Gasteiger partial charge on any atom is -0.493 e.